The molecule has 0 aliphatic heterocycles. The number of hydrogen-bond acceptors (Lipinski definition) is 3. The summed E-state index contributed by atoms with van der Waals surface area (Å²) >= 11 is 15.0. The van der Waals surface area contributed by atoms with Crippen LogP contribution in [0.3, 0.4) is 0 Å². The van der Waals surface area contributed by atoms with Gasteiger partial charge >= 0.3 is 0 Å². The molecule has 0 aliphatic carbocycles. The number of amides is 1. The Morgan fingerprint density at radius 1 is 1.23 bits per heavy atom. The van der Waals surface area contributed by atoms with Crippen molar-refractivity contribution in [2.45, 2.75) is 0 Å². The lowest BCUT2D eigenvalue weighted by atomic mass is 10.2. The number of nitrogens with one attached hydrogen (secondary N) is 1. The molecule has 0 saturated carbocycles. The van der Waals surface area contributed by atoms with Crippen LogP contribution in [0.2, 0.25) is 10.0 Å². The van der Waals surface area contributed by atoms with E-state index in [1.54, 1.807) is 24.3 Å². The summed E-state index contributed by atoms with van der Waals surface area (Å²) in [6.07, 6.45) is 0. The van der Waals surface area contributed by atoms with Crippen molar-refractivity contribution in [1.82, 2.24) is 0 Å². The largest absolute Gasteiger partial charge is 0.483 e. The Bertz CT molecular complexity index is 760. The monoisotopic (exact) mass is 398 g/mol. The molecule has 7 heteroatoms. The molecule has 0 aliphatic rings. The topological polar surface area (TPSA) is 62.1 Å². The van der Waals surface area contributed by atoms with E-state index in [1.165, 1.54) is 12.1 Å². The van der Waals surface area contributed by atoms with Crippen LogP contribution in [-0.2, 0) is 4.79 Å². The lowest BCUT2D eigenvalue weighted by Crippen LogP contribution is -2.20. The minimum atomic E-state index is -0.402. The van der Waals surface area contributed by atoms with E-state index in [4.69, 9.17) is 33.2 Å². The summed E-state index contributed by atoms with van der Waals surface area (Å²) in [5, 5.41) is 12.6. The third-order valence-corrected chi connectivity index (χ3v) is 3.72. The van der Waals surface area contributed by atoms with Gasteiger partial charge in [0.15, 0.2) is 6.61 Å². The van der Waals surface area contributed by atoms with E-state index in [0.717, 1.165) is 0 Å². The van der Waals surface area contributed by atoms with Gasteiger partial charge in [0, 0.05) is 10.0 Å². The number of benzene rings is 2. The van der Waals surface area contributed by atoms with Crippen molar-refractivity contribution in [2.24, 2.45) is 0 Å². The number of halogens is 3. The van der Waals surface area contributed by atoms with Crippen LogP contribution < -0.4 is 10.1 Å². The van der Waals surface area contributed by atoms with Gasteiger partial charge in [-0.3, -0.25) is 4.79 Å². The molecule has 4 nitrogen and oxygen atoms in total. The molecule has 0 heterocycles. The van der Waals surface area contributed by atoms with Gasteiger partial charge in [0.25, 0.3) is 5.91 Å². The summed E-state index contributed by atoms with van der Waals surface area (Å²) in [5.41, 5.74) is 0.671. The van der Waals surface area contributed by atoms with Crippen LogP contribution in [0.5, 0.6) is 5.75 Å². The van der Waals surface area contributed by atoms with Crippen molar-refractivity contribution in [1.29, 1.82) is 5.26 Å². The number of nitrogens with zero attached hydrogens (tertiary/aromatic N) is 1. The summed E-state index contributed by atoms with van der Waals surface area (Å²) in [5.74, 6) is 0.0896. The normalized spacial score (nSPS) is 9.91. The van der Waals surface area contributed by atoms with E-state index in [-0.39, 0.29) is 6.61 Å². The molecule has 22 heavy (non-hydrogen) atoms. The molecule has 0 atom stereocenters. The molecular weight excluding hydrogens is 391 g/mol. The molecule has 0 bridgehead atoms. The second-order valence-corrected chi connectivity index (χ2v) is 5.94. The van der Waals surface area contributed by atoms with Crippen LogP contribution in [0, 0.1) is 11.3 Å². The molecule has 0 saturated heterocycles. The summed E-state index contributed by atoms with van der Waals surface area (Å²) in [4.78, 5) is 11.9. The summed E-state index contributed by atoms with van der Waals surface area (Å²) in [6.45, 7) is -0.211. The predicted molar refractivity (Wildman–Crippen MR) is 89.4 cm³/mol. The number of ether oxygens (including phenoxy) is 1. The quantitative estimate of drug-likeness (QED) is 0.814. The molecule has 0 spiro atoms. The zero-order chi connectivity index (χ0) is 16.1. The van der Waals surface area contributed by atoms with E-state index in [9.17, 15) is 4.79 Å². The smallest absolute Gasteiger partial charge is 0.262 e. The maximum absolute atomic E-state index is 11.9. The number of anilines is 1. The Kier molecular flexibility index (Phi) is 5.67. The van der Waals surface area contributed by atoms with Gasteiger partial charge in [-0.1, -0.05) is 23.2 Å². The van der Waals surface area contributed by atoms with Gasteiger partial charge in [0.05, 0.1) is 15.7 Å². The summed E-state index contributed by atoms with van der Waals surface area (Å²) < 4.78 is 6.04. The average Bonchev–Trinajstić information content (AvgIpc) is 2.46. The van der Waals surface area contributed by atoms with Crippen LogP contribution in [-0.4, -0.2) is 12.5 Å². The van der Waals surface area contributed by atoms with Crippen LogP contribution in [0.15, 0.2) is 40.9 Å². The molecule has 0 radical (unpaired) electrons. The highest BCUT2D eigenvalue weighted by Gasteiger charge is 2.10. The van der Waals surface area contributed by atoms with Gasteiger partial charge in [-0.2, -0.15) is 5.26 Å². The van der Waals surface area contributed by atoms with E-state index in [1.807, 2.05) is 6.07 Å². The maximum atomic E-state index is 11.9. The highest BCUT2D eigenvalue weighted by atomic mass is 79.9. The first-order valence-corrected chi connectivity index (χ1v) is 7.62. The molecule has 0 aromatic heterocycles. The van der Waals surface area contributed by atoms with Crippen molar-refractivity contribution in [3.8, 4) is 11.8 Å². The molecule has 2 aromatic carbocycles. The van der Waals surface area contributed by atoms with E-state index >= 15 is 0 Å². The summed E-state index contributed by atoms with van der Waals surface area (Å²) in [6, 6.07) is 11.6. The minimum Gasteiger partial charge on any atom is -0.483 e. The molecule has 1 amide bonds. The number of carbonyl (C=O) groups is 1. The standard InChI is InChI=1S/C15H9BrCl2N2O2/c16-12-5-10(17)3-4-14(12)22-8-15(21)20-13-6-11(18)2-1-9(13)7-19/h1-6H,8H2,(H,20,21). The van der Waals surface area contributed by atoms with Gasteiger partial charge in [0.1, 0.15) is 11.8 Å². The molecule has 2 rings (SSSR count). The lowest BCUT2D eigenvalue weighted by Gasteiger charge is -2.10. The van der Waals surface area contributed by atoms with Crippen molar-refractivity contribution < 1.29 is 9.53 Å². The minimum absolute atomic E-state index is 0.211. The fourth-order valence-corrected chi connectivity index (χ4v) is 2.61. The van der Waals surface area contributed by atoms with Crippen LogP contribution >= 0.6 is 39.1 Å². The van der Waals surface area contributed by atoms with Crippen LogP contribution in [0.1, 0.15) is 5.56 Å². The van der Waals surface area contributed by atoms with Crippen LogP contribution in [0.4, 0.5) is 5.69 Å². The van der Waals surface area contributed by atoms with Gasteiger partial charge in [-0.15, -0.1) is 0 Å². The number of hydrogen-bond donors (Lipinski definition) is 1. The van der Waals surface area contributed by atoms with Crippen molar-refractivity contribution in [3.05, 3.63) is 56.5 Å². The Balaban J connectivity index is 2.02. The Morgan fingerprint density at radius 3 is 2.59 bits per heavy atom. The highest BCUT2D eigenvalue weighted by molar-refractivity contribution is 9.10. The second kappa shape index (κ2) is 7.50. The average molecular weight is 400 g/mol. The Labute approximate surface area is 145 Å². The molecule has 1 N–H and O–H groups in total. The first-order chi connectivity index (χ1) is 10.5. The second-order valence-electron chi connectivity index (χ2n) is 4.21. The van der Waals surface area contributed by atoms with Crippen molar-refractivity contribution in [3.63, 3.8) is 0 Å². The number of nitriles is 1. The van der Waals surface area contributed by atoms with Crippen molar-refractivity contribution >= 4 is 50.7 Å². The maximum Gasteiger partial charge on any atom is 0.262 e. The Hall–Kier alpha value is -1.74. The first kappa shape index (κ1) is 16.6. The van der Waals surface area contributed by atoms with E-state index in [2.05, 4.69) is 21.2 Å². The summed E-state index contributed by atoms with van der Waals surface area (Å²) in [7, 11) is 0. The lowest BCUT2D eigenvalue weighted by molar-refractivity contribution is -0.118. The number of rotatable bonds is 4. The SMILES string of the molecule is N#Cc1ccc(Cl)cc1NC(=O)COc1ccc(Cl)cc1Br. The molecular formula is C15H9BrCl2N2O2. The van der Waals surface area contributed by atoms with Gasteiger partial charge in [-0.05, 0) is 52.3 Å². The third kappa shape index (κ3) is 4.38. The zero-order valence-corrected chi connectivity index (χ0v) is 14.2. The van der Waals surface area contributed by atoms with Gasteiger partial charge in [0.2, 0.25) is 0 Å². The highest BCUT2D eigenvalue weighted by Crippen LogP contribution is 2.28. The van der Waals surface area contributed by atoms with E-state index < -0.39 is 5.91 Å². The first-order valence-electron chi connectivity index (χ1n) is 6.07. The fraction of sp³-hybridized carbons (Fsp3) is 0.0667. The molecule has 0 fully saturated rings. The predicted octanol–water partition coefficient (Wildman–Crippen LogP) is 4.65. The van der Waals surface area contributed by atoms with E-state index in [0.29, 0.717) is 31.5 Å². The van der Waals surface area contributed by atoms with Gasteiger partial charge < -0.3 is 10.1 Å². The molecule has 2 aromatic rings. The Morgan fingerprint density at radius 2 is 1.91 bits per heavy atom. The molecule has 112 valence electrons. The van der Waals surface area contributed by atoms with Gasteiger partial charge in [-0.25, -0.2) is 0 Å². The van der Waals surface area contributed by atoms with Crippen LogP contribution in [0.25, 0.3) is 0 Å². The molecule has 0 unspecified atom stereocenters. The van der Waals surface area contributed by atoms with Crippen molar-refractivity contribution in [2.75, 3.05) is 11.9 Å². The third-order valence-electron chi connectivity index (χ3n) is 2.63. The fourth-order valence-electron chi connectivity index (χ4n) is 1.64. The zero-order valence-electron chi connectivity index (χ0n) is 11.1. The number of carbonyl (C=O) groups excluding carboxylic acids is 1.